The molecule has 3 heteroatoms. The molecular formula is C11H15NOSi. The van der Waals surface area contributed by atoms with Crippen LogP contribution in [0.5, 0.6) is 5.75 Å². The third-order valence-electron chi connectivity index (χ3n) is 1.95. The van der Waals surface area contributed by atoms with Crippen molar-refractivity contribution in [3.8, 4) is 5.75 Å². The van der Waals surface area contributed by atoms with E-state index < -0.39 is 8.32 Å². The monoisotopic (exact) mass is 205 g/mol. The average molecular weight is 205 g/mol. The van der Waals surface area contributed by atoms with Gasteiger partial charge in [-0.3, -0.25) is 0 Å². The maximum absolute atomic E-state index is 5.90. The van der Waals surface area contributed by atoms with Crippen molar-refractivity contribution in [3.05, 3.63) is 30.5 Å². The highest BCUT2D eigenvalue weighted by Crippen LogP contribution is 2.22. The predicted octanol–water partition coefficient (Wildman–Crippen LogP) is 3.38. The van der Waals surface area contributed by atoms with E-state index in [1.54, 1.807) is 0 Å². The number of aromatic nitrogens is 1. The Balaban J connectivity index is 2.35. The van der Waals surface area contributed by atoms with E-state index in [0.717, 1.165) is 11.3 Å². The summed E-state index contributed by atoms with van der Waals surface area (Å²) in [6.45, 7) is 6.57. The summed E-state index contributed by atoms with van der Waals surface area (Å²) in [4.78, 5) is 3.17. The Morgan fingerprint density at radius 3 is 2.64 bits per heavy atom. The van der Waals surface area contributed by atoms with Crippen LogP contribution in [0.1, 0.15) is 0 Å². The lowest BCUT2D eigenvalue weighted by Crippen LogP contribution is -2.29. The van der Waals surface area contributed by atoms with Crippen molar-refractivity contribution >= 4 is 19.2 Å². The van der Waals surface area contributed by atoms with E-state index in [-0.39, 0.29) is 0 Å². The Morgan fingerprint density at radius 1 is 1.14 bits per heavy atom. The Bertz CT molecular complexity index is 442. The summed E-state index contributed by atoms with van der Waals surface area (Å²) in [5.74, 6) is 0.983. The molecule has 0 spiro atoms. The summed E-state index contributed by atoms with van der Waals surface area (Å²) < 4.78 is 5.90. The van der Waals surface area contributed by atoms with E-state index in [1.165, 1.54) is 5.39 Å². The minimum atomic E-state index is -1.48. The third kappa shape index (κ3) is 1.99. The predicted molar refractivity (Wildman–Crippen MR) is 62.3 cm³/mol. The van der Waals surface area contributed by atoms with E-state index in [4.69, 9.17) is 4.43 Å². The number of hydrogen-bond acceptors (Lipinski definition) is 1. The summed E-state index contributed by atoms with van der Waals surface area (Å²) in [6, 6.07) is 8.23. The van der Waals surface area contributed by atoms with Gasteiger partial charge in [-0.2, -0.15) is 0 Å². The highest BCUT2D eigenvalue weighted by atomic mass is 28.4. The largest absolute Gasteiger partial charge is 0.544 e. The molecule has 0 aliphatic rings. The highest BCUT2D eigenvalue weighted by Gasteiger charge is 2.16. The molecule has 0 saturated heterocycles. The van der Waals surface area contributed by atoms with Crippen LogP contribution in [0.15, 0.2) is 30.5 Å². The van der Waals surface area contributed by atoms with Gasteiger partial charge in [-0.1, -0.05) is 0 Å². The van der Waals surface area contributed by atoms with Gasteiger partial charge in [0.2, 0.25) is 8.32 Å². The molecule has 0 fully saturated rings. The van der Waals surface area contributed by atoms with Crippen LogP contribution in [0.4, 0.5) is 0 Å². The quantitative estimate of drug-likeness (QED) is 0.747. The molecule has 0 aliphatic carbocycles. The van der Waals surface area contributed by atoms with Crippen LogP contribution in [0.3, 0.4) is 0 Å². The van der Waals surface area contributed by atoms with Gasteiger partial charge < -0.3 is 9.41 Å². The number of hydrogen-bond donors (Lipinski definition) is 1. The summed E-state index contributed by atoms with van der Waals surface area (Å²) in [5.41, 5.74) is 1.16. The SMILES string of the molecule is C[Si](C)(C)Oc1ccc2[nH]ccc2c1. The van der Waals surface area contributed by atoms with Gasteiger partial charge in [0, 0.05) is 17.1 Å². The molecule has 74 valence electrons. The van der Waals surface area contributed by atoms with Crippen molar-refractivity contribution in [2.45, 2.75) is 19.6 Å². The van der Waals surface area contributed by atoms with Crippen LogP contribution >= 0.6 is 0 Å². The molecule has 1 aromatic heterocycles. The number of nitrogens with one attached hydrogen (secondary N) is 1. The van der Waals surface area contributed by atoms with Crippen molar-refractivity contribution in [2.24, 2.45) is 0 Å². The lowest BCUT2D eigenvalue weighted by atomic mass is 10.2. The molecule has 0 bridgehead atoms. The first-order valence-electron chi connectivity index (χ1n) is 4.81. The third-order valence-corrected chi connectivity index (χ3v) is 2.80. The van der Waals surface area contributed by atoms with E-state index in [0.29, 0.717) is 0 Å². The van der Waals surface area contributed by atoms with Gasteiger partial charge >= 0.3 is 0 Å². The standard InChI is InChI=1S/C11H15NOSi/c1-14(2,3)13-10-4-5-11-9(8-10)6-7-12-11/h4-8,12H,1-3H3. The number of H-pyrrole nitrogens is 1. The van der Waals surface area contributed by atoms with Gasteiger partial charge in [0.25, 0.3) is 0 Å². The first kappa shape index (κ1) is 9.34. The fourth-order valence-electron chi connectivity index (χ4n) is 1.45. The van der Waals surface area contributed by atoms with E-state index >= 15 is 0 Å². The Labute approximate surface area is 85.0 Å². The average Bonchev–Trinajstić information content (AvgIpc) is 2.47. The van der Waals surface area contributed by atoms with Gasteiger partial charge in [0.05, 0.1) is 0 Å². The molecule has 1 N–H and O–H groups in total. The minimum absolute atomic E-state index is 0.983. The second kappa shape index (κ2) is 3.17. The second-order valence-electron chi connectivity index (χ2n) is 4.44. The van der Waals surface area contributed by atoms with E-state index in [9.17, 15) is 0 Å². The van der Waals surface area contributed by atoms with Gasteiger partial charge in [0.1, 0.15) is 5.75 Å². The van der Waals surface area contributed by atoms with E-state index in [1.807, 2.05) is 12.3 Å². The molecule has 0 atom stereocenters. The molecule has 2 rings (SSSR count). The van der Waals surface area contributed by atoms with Crippen LogP contribution in [-0.4, -0.2) is 13.3 Å². The normalized spacial score (nSPS) is 11.9. The molecule has 0 amide bonds. The fraction of sp³-hybridized carbons (Fsp3) is 0.273. The van der Waals surface area contributed by atoms with Crippen LogP contribution in [0.2, 0.25) is 19.6 Å². The number of benzene rings is 1. The zero-order valence-corrected chi connectivity index (χ0v) is 9.79. The van der Waals surface area contributed by atoms with Gasteiger partial charge in [-0.15, -0.1) is 0 Å². The zero-order chi connectivity index (χ0) is 10.2. The molecule has 0 radical (unpaired) electrons. The number of rotatable bonds is 2. The molecule has 0 saturated carbocycles. The molecule has 1 aromatic carbocycles. The summed E-state index contributed by atoms with van der Waals surface area (Å²) >= 11 is 0. The molecule has 0 aliphatic heterocycles. The maximum atomic E-state index is 5.90. The maximum Gasteiger partial charge on any atom is 0.242 e. The number of fused-ring (bicyclic) bond motifs is 1. The van der Waals surface area contributed by atoms with Crippen molar-refractivity contribution in [1.82, 2.24) is 4.98 Å². The Kier molecular flexibility index (Phi) is 2.11. The molecule has 1 heterocycles. The smallest absolute Gasteiger partial charge is 0.242 e. The van der Waals surface area contributed by atoms with Gasteiger partial charge in [-0.25, -0.2) is 0 Å². The summed E-state index contributed by atoms with van der Waals surface area (Å²) in [6.07, 6.45) is 1.95. The Hall–Kier alpha value is -1.22. The van der Waals surface area contributed by atoms with Crippen LogP contribution < -0.4 is 4.43 Å². The lowest BCUT2D eigenvalue weighted by Gasteiger charge is -2.18. The molecule has 2 aromatic rings. The topological polar surface area (TPSA) is 25.0 Å². The molecule has 2 nitrogen and oxygen atoms in total. The highest BCUT2D eigenvalue weighted by molar-refractivity contribution is 6.70. The summed E-state index contributed by atoms with van der Waals surface area (Å²) in [5, 5.41) is 1.21. The number of aromatic amines is 1. The summed E-state index contributed by atoms with van der Waals surface area (Å²) in [7, 11) is -1.48. The fourth-order valence-corrected chi connectivity index (χ4v) is 2.28. The lowest BCUT2D eigenvalue weighted by molar-refractivity contribution is 0.558. The zero-order valence-electron chi connectivity index (χ0n) is 8.79. The van der Waals surface area contributed by atoms with Crippen LogP contribution in [0, 0.1) is 0 Å². The molecule has 0 unspecified atom stereocenters. The van der Waals surface area contributed by atoms with Crippen molar-refractivity contribution in [2.75, 3.05) is 0 Å². The van der Waals surface area contributed by atoms with Crippen molar-refractivity contribution in [3.63, 3.8) is 0 Å². The van der Waals surface area contributed by atoms with Crippen LogP contribution in [-0.2, 0) is 0 Å². The van der Waals surface area contributed by atoms with Crippen LogP contribution in [0.25, 0.3) is 10.9 Å². The molecular weight excluding hydrogens is 190 g/mol. The van der Waals surface area contributed by atoms with E-state index in [2.05, 4.69) is 42.8 Å². The molecule has 14 heavy (non-hydrogen) atoms. The van der Waals surface area contributed by atoms with Gasteiger partial charge in [0.15, 0.2) is 0 Å². The first-order chi connectivity index (χ1) is 6.54. The minimum Gasteiger partial charge on any atom is -0.544 e. The van der Waals surface area contributed by atoms with Crippen molar-refractivity contribution in [1.29, 1.82) is 0 Å². The first-order valence-corrected chi connectivity index (χ1v) is 8.22. The Morgan fingerprint density at radius 2 is 1.93 bits per heavy atom. The van der Waals surface area contributed by atoms with Gasteiger partial charge in [-0.05, 0) is 43.9 Å². The second-order valence-corrected chi connectivity index (χ2v) is 8.87. The van der Waals surface area contributed by atoms with Crippen molar-refractivity contribution < 1.29 is 4.43 Å².